The summed E-state index contributed by atoms with van der Waals surface area (Å²) in [6, 6.07) is 7.75. The van der Waals surface area contributed by atoms with Gasteiger partial charge in [0.15, 0.2) is 0 Å². The number of hydrogen-bond donors (Lipinski definition) is 1. The fourth-order valence-corrected chi connectivity index (χ4v) is 1.49. The molecule has 0 aliphatic heterocycles. The van der Waals surface area contributed by atoms with Crippen molar-refractivity contribution in [1.29, 1.82) is 0 Å². The largest absolute Gasteiger partial charge is 0.399 e. The lowest BCUT2D eigenvalue weighted by atomic mass is 10.1. The van der Waals surface area contributed by atoms with E-state index in [0.717, 1.165) is 16.8 Å². The maximum absolute atomic E-state index is 5.73. The minimum absolute atomic E-state index is 0.485. The third-order valence-corrected chi connectivity index (χ3v) is 2.28. The number of rotatable bonds is 4. The first kappa shape index (κ1) is 10.7. The van der Waals surface area contributed by atoms with Crippen molar-refractivity contribution in [2.75, 3.05) is 12.3 Å². The summed E-state index contributed by atoms with van der Waals surface area (Å²) in [4.78, 5) is 0. The van der Waals surface area contributed by atoms with Gasteiger partial charge in [0, 0.05) is 24.1 Å². The lowest BCUT2D eigenvalue weighted by Crippen LogP contribution is -2.01. The summed E-state index contributed by atoms with van der Waals surface area (Å²) in [7, 11) is 0. The van der Waals surface area contributed by atoms with Gasteiger partial charge in [-0.05, 0) is 24.6 Å². The topological polar surface area (TPSA) is 53.1 Å². The Hall–Kier alpha value is -1.81. The maximum Gasteiger partial charge on any atom is 0.139 e. The molecule has 2 rings (SSSR count). The van der Waals surface area contributed by atoms with Crippen molar-refractivity contribution in [2.45, 2.75) is 13.7 Å². The van der Waals surface area contributed by atoms with Crippen molar-refractivity contribution in [3.05, 3.63) is 36.7 Å². The van der Waals surface area contributed by atoms with Gasteiger partial charge < -0.3 is 10.5 Å². The van der Waals surface area contributed by atoms with Crippen LogP contribution in [-0.4, -0.2) is 16.4 Å². The molecule has 0 fully saturated rings. The number of nitrogens with zero attached hydrogens (tertiary/aromatic N) is 2. The van der Waals surface area contributed by atoms with E-state index < -0.39 is 0 Å². The van der Waals surface area contributed by atoms with Crippen LogP contribution >= 0.6 is 0 Å². The van der Waals surface area contributed by atoms with Crippen LogP contribution in [0.2, 0.25) is 0 Å². The van der Waals surface area contributed by atoms with Crippen molar-refractivity contribution in [1.82, 2.24) is 9.78 Å². The summed E-state index contributed by atoms with van der Waals surface area (Å²) >= 11 is 0. The van der Waals surface area contributed by atoms with Gasteiger partial charge in [-0.3, -0.25) is 0 Å². The number of hydrogen-bond acceptors (Lipinski definition) is 3. The Morgan fingerprint density at radius 3 is 3.00 bits per heavy atom. The summed E-state index contributed by atoms with van der Waals surface area (Å²) < 4.78 is 7.03. The van der Waals surface area contributed by atoms with Crippen molar-refractivity contribution >= 4 is 5.69 Å². The molecule has 0 unspecified atom stereocenters. The van der Waals surface area contributed by atoms with Crippen LogP contribution in [-0.2, 0) is 11.5 Å². The van der Waals surface area contributed by atoms with Crippen LogP contribution in [0.15, 0.2) is 36.7 Å². The molecule has 0 radical (unpaired) electrons. The summed E-state index contributed by atoms with van der Waals surface area (Å²) in [5.74, 6) is 0. The average Bonchev–Trinajstić information content (AvgIpc) is 2.75. The van der Waals surface area contributed by atoms with E-state index in [1.165, 1.54) is 0 Å². The van der Waals surface area contributed by atoms with E-state index in [9.17, 15) is 0 Å². The zero-order valence-corrected chi connectivity index (χ0v) is 9.26. The predicted molar refractivity (Wildman–Crippen MR) is 63.7 cm³/mol. The standard InChI is InChI=1S/C12H15N3O/c1-2-16-9-15-8-11(7-14-15)10-4-3-5-12(13)6-10/h3-8H,2,9,13H2,1H3. The zero-order chi connectivity index (χ0) is 11.4. The van der Waals surface area contributed by atoms with Crippen molar-refractivity contribution in [2.24, 2.45) is 0 Å². The molecule has 0 atom stereocenters. The molecule has 0 amide bonds. The summed E-state index contributed by atoms with van der Waals surface area (Å²) in [6.45, 7) is 3.13. The number of aromatic nitrogens is 2. The van der Waals surface area contributed by atoms with E-state index in [2.05, 4.69) is 5.10 Å². The molecule has 0 saturated heterocycles. The first-order chi connectivity index (χ1) is 7.79. The highest BCUT2D eigenvalue weighted by atomic mass is 16.5. The van der Waals surface area contributed by atoms with E-state index >= 15 is 0 Å². The Balaban J connectivity index is 2.18. The second kappa shape index (κ2) is 4.81. The summed E-state index contributed by atoms with van der Waals surface area (Å²) in [5.41, 5.74) is 8.61. The zero-order valence-electron chi connectivity index (χ0n) is 9.26. The Kier molecular flexibility index (Phi) is 3.22. The van der Waals surface area contributed by atoms with Crippen molar-refractivity contribution in [3.63, 3.8) is 0 Å². The quantitative estimate of drug-likeness (QED) is 0.798. The molecule has 0 aliphatic carbocycles. The van der Waals surface area contributed by atoms with Crippen LogP contribution in [0.4, 0.5) is 5.69 Å². The third kappa shape index (κ3) is 2.41. The lowest BCUT2D eigenvalue weighted by Gasteiger charge is -2.00. The van der Waals surface area contributed by atoms with E-state index in [-0.39, 0.29) is 0 Å². The first-order valence-corrected chi connectivity index (χ1v) is 5.25. The van der Waals surface area contributed by atoms with Gasteiger partial charge in [0.1, 0.15) is 6.73 Å². The van der Waals surface area contributed by atoms with Crippen LogP contribution in [0, 0.1) is 0 Å². The van der Waals surface area contributed by atoms with Crippen molar-refractivity contribution < 1.29 is 4.74 Å². The van der Waals surface area contributed by atoms with E-state index in [1.807, 2.05) is 43.6 Å². The number of anilines is 1. The van der Waals surface area contributed by atoms with Gasteiger partial charge in [-0.1, -0.05) is 12.1 Å². The predicted octanol–water partition coefficient (Wildman–Crippen LogP) is 2.13. The first-order valence-electron chi connectivity index (χ1n) is 5.25. The summed E-state index contributed by atoms with van der Waals surface area (Å²) in [5, 5.41) is 4.21. The van der Waals surface area contributed by atoms with E-state index in [0.29, 0.717) is 13.3 Å². The normalized spacial score (nSPS) is 10.6. The van der Waals surface area contributed by atoms with Gasteiger partial charge in [0.05, 0.1) is 6.20 Å². The molecule has 4 nitrogen and oxygen atoms in total. The molecular formula is C12H15N3O. The smallest absolute Gasteiger partial charge is 0.139 e. The fourth-order valence-electron chi connectivity index (χ4n) is 1.49. The monoisotopic (exact) mass is 217 g/mol. The number of nitrogen functional groups attached to an aromatic ring is 1. The lowest BCUT2D eigenvalue weighted by molar-refractivity contribution is 0.0792. The van der Waals surface area contributed by atoms with Crippen LogP contribution < -0.4 is 5.73 Å². The molecule has 4 heteroatoms. The molecule has 1 aromatic carbocycles. The van der Waals surface area contributed by atoms with Crippen LogP contribution in [0.25, 0.3) is 11.1 Å². The Labute approximate surface area is 94.6 Å². The minimum atomic E-state index is 0.485. The molecule has 1 heterocycles. The second-order valence-electron chi connectivity index (χ2n) is 3.52. The van der Waals surface area contributed by atoms with E-state index in [4.69, 9.17) is 10.5 Å². The van der Waals surface area contributed by atoms with Crippen LogP contribution in [0.3, 0.4) is 0 Å². The molecule has 0 aliphatic rings. The van der Waals surface area contributed by atoms with Gasteiger partial charge in [-0.15, -0.1) is 0 Å². The molecular weight excluding hydrogens is 202 g/mol. The molecule has 0 bridgehead atoms. The molecule has 0 saturated carbocycles. The molecule has 2 N–H and O–H groups in total. The Morgan fingerprint density at radius 2 is 2.25 bits per heavy atom. The third-order valence-electron chi connectivity index (χ3n) is 2.28. The minimum Gasteiger partial charge on any atom is -0.399 e. The average molecular weight is 217 g/mol. The Morgan fingerprint density at radius 1 is 1.38 bits per heavy atom. The SMILES string of the molecule is CCOCn1cc(-c2cccc(N)c2)cn1. The highest BCUT2D eigenvalue weighted by Crippen LogP contribution is 2.20. The van der Waals surface area contributed by atoms with Gasteiger partial charge in [0.25, 0.3) is 0 Å². The summed E-state index contributed by atoms with van der Waals surface area (Å²) in [6.07, 6.45) is 3.76. The highest BCUT2D eigenvalue weighted by molar-refractivity contribution is 5.65. The Bertz CT molecular complexity index is 465. The van der Waals surface area contributed by atoms with E-state index in [1.54, 1.807) is 4.68 Å². The molecule has 16 heavy (non-hydrogen) atoms. The molecule has 2 aromatic rings. The van der Waals surface area contributed by atoms with Gasteiger partial charge in [-0.25, -0.2) is 4.68 Å². The number of ether oxygens (including phenoxy) is 1. The molecule has 84 valence electrons. The van der Waals surface area contributed by atoms with Gasteiger partial charge >= 0.3 is 0 Å². The second-order valence-corrected chi connectivity index (χ2v) is 3.52. The van der Waals surface area contributed by atoms with Crippen LogP contribution in [0.1, 0.15) is 6.92 Å². The molecule has 1 aromatic heterocycles. The number of nitrogens with two attached hydrogens (primary N) is 1. The van der Waals surface area contributed by atoms with Gasteiger partial charge in [-0.2, -0.15) is 5.10 Å². The van der Waals surface area contributed by atoms with Crippen LogP contribution in [0.5, 0.6) is 0 Å². The van der Waals surface area contributed by atoms with Gasteiger partial charge in [0.2, 0.25) is 0 Å². The van der Waals surface area contributed by atoms with Crippen molar-refractivity contribution in [3.8, 4) is 11.1 Å². The number of benzene rings is 1. The molecule has 0 spiro atoms. The fraction of sp³-hybridized carbons (Fsp3) is 0.250. The highest BCUT2D eigenvalue weighted by Gasteiger charge is 2.01. The maximum atomic E-state index is 5.73.